The van der Waals surface area contributed by atoms with E-state index in [4.69, 9.17) is 19.4 Å². The second-order valence-corrected chi connectivity index (χ2v) is 36.3. The summed E-state index contributed by atoms with van der Waals surface area (Å²) in [4.78, 5) is 0. The third kappa shape index (κ3) is 11.3. The van der Waals surface area contributed by atoms with Crippen LogP contribution in [0.1, 0.15) is 57.4 Å². The SMILES string of the molecule is BrBr.C.CB(O)O.CB1OC(C)(C)C(C)(C)O1.Cc1cc2c(cc3c4ccccc4c4cccc2c43)c2cc3c(cc12)c1ccc(Br)c2cccc3c21.Cc1cc2c(cc3c4ccccc4c4cccc2c43)c2cc3c(cc12)c1ccc(C)c2cccc3c21.Cc1cc2c(cc3c4ccccc4c4cccc2c43)c2cc3c(cc12)c1cccc2cccc3c21. The summed E-state index contributed by atoms with van der Waals surface area (Å²) >= 11 is 9.28. The lowest BCUT2D eigenvalue weighted by molar-refractivity contribution is 0.00578. The molecule has 1 saturated heterocycles. The Balaban J connectivity index is 0.000000101. The molecule has 27 aromatic carbocycles. The monoisotopic (exact) mass is 1790 g/mol. The van der Waals surface area contributed by atoms with Gasteiger partial charge in [0.05, 0.1) is 11.2 Å². The van der Waals surface area contributed by atoms with Crippen molar-refractivity contribution in [2.75, 3.05) is 0 Å². The first-order valence-corrected chi connectivity index (χ1v) is 47.1. The molecule has 4 nitrogen and oxygen atoms in total. The molecular weight excluding hydrogens is 1710 g/mol. The highest BCUT2D eigenvalue weighted by atomic mass is 80.9. The molecule has 0 spiro atoms. The van der Waals surface area contributed by atoms with E-state index in [2.05, 4.69) is 397 Å². The number of hydrogen-bond acceptors (Lipinski definition) is 4. The lowest BCUT2D eigenvalue weighted by Crippen LogP contribution is -2.41. The zero-order valence-corrected chi connectivity index (χ0v) is 74.5. The molecule has 124 heavy (non-hydrogen) atoms. The van der Waals surface area contributed by atoms with Gasteiger partial charge in [-0.2, -0.15) is 0 Å². The van der Waals surface area contributed by atoms with Crippen LogP contribution in [0, 0.1) is 27.7 Å². The van der Waals surface area contributed by atoms with Gasteiger partial charge in [0.15, 0.2) is 0 Å². The Bertz CT molecular complexity index is 8770. The smallest absolute Gasteiger partial charge is 0.427 e. The molecule has 0 aliphatic carbocycles. The summed E-state index contributed by atoms with van der Waals surface area (Å²) in [6.07, 6.45) is 0. The van der Waals surface area contributed by atoms with Gasteiger partial charge in [-0.15, -0.1) is 0 Å². The molecule has 0 amide bonds. The Morgan fingerprint density at radius 3 is 0.750 bits per heavy atom. The summed E-state index contributed by atoms with van der Waals surface area (Å²) < 4.78 is 12.2. The van der Waals surface area contributed by atoms with Crippen molar-refractivity contribution in [2.24, 2.45) is 0 Å². The molecule has 0 saturated carbocycles. The van der Waals surface area contributed by atoms with Crippen LogP contribution in [0.25, 0.3) is 259 Å². The van der Waals surface area contributed by atoms with Crippen LogP contribution in [0.5, 0.6) is 0 Å². The van der Waals surface area contributed by atoms with E-state index >= 15 is 0 Å². The first-order valence-electron chi connectivity index (χ1n) is 42.6. The van der Waals surface area contributed by atoms with Gasteiger partial charge < -0.3 is 19.4 Å². The molecule has 1 aliphatic heterocycles. The molecule has 1 fully saturated rings. The summed E-state index contributed by atoms with van der Waals surface area (Å²) in [5, 5.41) is 80.5. The second-order valence-electron chi connectivity index (χ2n) is 35.4. The molecular formula is C115H85B2Br3O4. The van der Waals surface area contributed by atoms with E-state index in [0.717, 1.165) is 4.47 Å². The fraction of sp³-hybridized carbons (Fsp3) is 0.113. The highest BCUT2D eigenvalue weighted by Crippen LogP contribution is 2.53. The Morgan fingerprint density at radius 2 is 0.435 bits per heavy atom. The lowest BCUT2D eigenvalue weighted by Gasteiger charge is -2.32. The van der Waals surface area contributed by atoms with Gasteiger partial charge in [-0.05, 0) is 410 Å². The molecule has 27 aromatic rings. The largest absolute Gasteiger partial charge is 0.454 e. The fourth-order valence-electron chi connectivity index (χ4n) is 22.2. The van der Waals surface area contributed by atoms with Gasteiger partial charge in [0.1, 0.15) is 0 Å². The maximum absolute atomic E-state index is 7.61. The topological polar surface area (TPSA) is 58.9 Å². The van der Waals surface area contributed by atoms with Crippen LogP contribution in [0.2, 0.25) is 13.6 Å². The van der Waals surface area contributed by atoms with Crippen LogP contribution >= 0.6 is 44.2 Å². The number of fused-ring (bicyclic) bond motifs is 30. The van der Waals surface area contributed by atoms with Crippen molar-refractivity contribution in [3.05, 3.63) is 324 Å². The summed E-state index contributed by atoms with van der Waals surface area (Å²) in [5.41, 5.74) is 5.05. The Morgan fingerprint density at radius 1 is 0.234 bits per heavy atom. The molecule has 28 rings (SSSR count). The molecule has 0 radical (unpaired) electrons. The Labute approximate surface area is 741 Å². The van der Waals surface area contributed by atoms with E-state index in [1.165, 1.54) is 288 Å². The minimum atomic E-state index is -1.17. The average Bonchev–Trinajstić information content (AvgIpc) is 1.53. The van der Waals surface area contributed by atoms with E-state index in [9.17, 15) is 0 Å². The van der Waals surface area contributed by atoms with Crippen molar-refractivity contribution in [3.8, 4) is 0 Å². The van der Waals surface area contributed by atoms with Crippen molar-refractivity contribution in [1.82, 2.24) is 0 Å². The standard InChI is InChI=1S/C36H22.C35H19Br.C35H20.C7H15BO2.CH5BO2.CH4.Br2/c1-19-13-14-27-30-16-28-20(2)15-29-25-12-6-10-24-22-7-3-4-8-23(22)34(36(24)25)18-33(29)32(28)17-31(30)26-11-5-9-21(19)35(26)27;1-18-14-27-22-9-4-8-21-19-6-2-3-7-20(19)32(35(21)22)17-31(27)30-16-29-23-10-5-11-25-33(36)13-12-24(34(23)25)28(29)15-26(18)30;1-19-15-28-26-14-6-13-23-21-9-2-3-10-22(21)33(35(23)26)18-32(28)31-17-30-25-12-5-8-20-7-4-11-24(34(20)25)29(30)16-27(19)31;1-6(2)7(3,4)10-8(5)9-6;1-2(3)4;;1-2/h3-18H,1-2H3;2-17H,1H3;2-18H,1H3;1-5H3;3-4H,1H3;1H4;. The van der Waals surface area contributed by atoms with Crippen LogP contribution in [0.3, 0.4) is 0 Å². The second kappa shape index (κ2) is 28.9. The highest BCUT2D eigenvalue weighted by Gasteiger charge is 2.49. The van der Waals surface area contributed by atoms with E-state index in [0.29, 0.717) is 0 Å². The molecule has 9 heteroatoms. The predicted molar refractivity (Wildman–Crippen MR) is 556 cm³/mol. The van der Waals surface area contributed by atoms with Crippen LogP contribution < -0.4 is 0 Å². The molecule has 0 bridgehead atoms. The average molecular weight is 1790 g/mol. The normalized spacial score (nSPS) is 13.6. The fourth-order valence-corrected chi connectivity index (χ4v) is 22.7. The summed E-state index contributed by atoms with van der Waals surface area (Å²) in [6, 6.07) is 112. The van der Waals surface area contributed by atoms with Gasteiger partial charge in [-0.3, -0.25) is 0 Å². The molecule has 0 unspecified atom stereocenters. The van der Waals surface area contributed by atoms with E-state index in [-0.39, 0.29) is 25.7 Å². The summed E-state index contributed by atoms with van der Waals surface area (Å²) in [5.74, 6) is 0. The van der Waals surface area contributed by atoms with Crippen LogP contribution in [-0.2, 0) is 9.31 Å². The predicted octanol–water partition coefficient (Wildman–Crippen LogP) is 34.5. The van der Waals surface area contributed by atoms with Crippen molar-refractivity contribution >= 4 is 317 Å². The molecule has 1 heterocycles. The van der Waals surface area contributed by atoms with E-state index < -0.39 is 7.12 Å². The van der Waals surface area contributed by atoms with Crippen molar-refractivity contribution in [1.29, 1.82) is 0 Å². The Kier molecular flexibility index (Phi) is 18.2. The zero-order chi connectivity index (χ0) is 83.8. The van der Waals surface area contributed by atoms with Gasteiger partial charge in [0.25, 0.3) is 0 Å². The van der Waals surface area contributed by atoms with Crippen LogP contribution in [-0.4, -0.2) is 35.5 Å². The third-order valence-electron chi connectivity index (χ3n) is 28.1. The molecule has 596 valence electrons. The van der Waals surface area contributed by atoms with Crippen molar-refractivity contribution < 1.29 is 19.4 Å². The van der Waals surface area contributed by atoms with E-state index in [1.54, 1.807) is 0 Å². The Hall–Kier alpha value is -11.9. The van der Waals surface area contributed by atoms with Gasteiger partial charge in [-0.25, -0.2) is 0 Å². The zero-order valence-electron chi connectivity index (χ0n) is 69.8. The minimum absolute atomic E-state index is 0. The maximum Gasteiger partial charge on any atom is 0.454 e. The first kappa shape index (κ1) is 78.2. The quantitative estimate of drug-likeness (QED) is 0.117. The number of benzene rings is 21. The first-order chi connectivity index (χ1) is 59.7. The number of rotatable bonds is 0. The van der Waals surface area contributed by atoms with Crippen LogP contribution in [0.4, 0.5) is 0 Å². The van der Waals surface area contributed by atoms with Gasteiger partial charge >= 0.3 is 14.2 Å². The molecule has 1 aliphatic rings. The molecule has 2 N–H and O–H groups in total. The third-order valence-corrected chi connectivity index (χ3v) is 28.8. The number of halogens is 3. The van der Waals surface area contributed by atoms with Crippen molar-refractivity contribution in [2.45, 2.75) is 87.7 Å². The number of hydrogen-bond donors (Lipinski definition) is 2. The minimum Gasteiger partial charge on any atom is -0.427 e. The molecule has 0 atom stereocenters. The number of aryl methyl sites for hydroxylation is 4. The van der Waals surface area contributed by atoms with E-state index in [1.807, 2.05) is 6.82 Å². The van der Waals surface area contributed by atoms with Gasteiger partial charge in [0, 0.05) is 32.7 Å². The van der Waals surface area contributed by atoms with Gasteiger partial charge in [-0.1, -0.05) is 260 Å². The van der Waals surface area contributed by atoms with Crippen LogP contribution in [0.15, 0.2) is 302 Å². The maximum atomic E-state index is 7.61. The summed E-state index contributed by atoms with van der Waals surface area (Å²) in [6.45, 7) is 20.5. The molecule has 0 aromatic heterocycles. The highest BCUT2D eigenvalue weighted by molar-refractivity contribution is 9.93. The lowest BCUT2D eigenvalue weighted by atomic mass is 9.90. The van der Waals surface area contributed by atoms with Gasteiger partial charge in [0.2, 0.25) is 0 Å². The summed E-state index contributed by atoms with van der Waals surface area (Å²) in [7, 11) is -1.23. The van der Waals surface area contributed by atoms with Crippen molar-refractivity contribution in [3.63, 3.8) is 0 Å².